The molecule has 0 fully saturated rings. The van der Waals surface area contributed by atoms with Gasteiger partial charge in [0.1, 0.15) is 6.10 Å². The minimum Gasteiger partial charge on any atom is -0.478 e. The maximum atomic E-state index is 11.1. The van der Waals surface area contributed by atoms with Gasteiger partial charge in [0.05, 0.1) is 5.56 Å². The van der Waals surface area contributed by atoms with Crippen LogP contribution in [-0.4, -0.2) is 30.3 Å². The molecule has 0 aliphatic heterocycles. The van der Waals surface area contributed by atoms with Crippen molar-refractivity contribution in [2.45, 2.75) is 58.5 Å². The number of aliphatic hydroxyl groups excluding tert-OH is 1. The molecule has 0 aliphatic rings. The first-order valence-electron chi connectivity index (χ1n) is 12.2. The molecular weight excluding hydrogens is 446 g/mol. The minimum absolute atomic E-state index is 0.0653. The van der Waals surface area contributed by atoms with Crippen LogP contribution in [0.5, 0.6) is 0 Å². The van der Waals surface area contributed by atoms with E-state index in [0.717, 1.165) is 27.9 Å². The van der Waals surface area contributed by atoms with Crippen molar-refractivity contribution in [2.24, 2.45) is 0 Å². The monoisotopic (exact) mass is 483 g/mol. The van der Waals surface area contributed by atoms with Crippen LogP contribution in [0, 0.1) is 11.8 Å². The smallest absolute Gasteiger partial charge is 0.335 e. The number of anilines is 1. The fourth-order valence-corrected chi connectivity index (χ4v) is 4.17. The Bertz CT molecular complexity index is 1290. The second-order valence-corrected chi connectivity index (χ2v) is 11.5. The minimum atomic E-state index is -0.992. The topological polar surface area (TPSA) is 60.8 Å². The van der Waals surface area contributed by atoms with E-state index in [2.05, 4.69) is 88.6 Å². The van der Waals surface area contributed by atoms with E-state index in [0.29, 0.717) is 5.56 Å². The third-order valence-corrected chi connectivity index (χ3v) is 6.25. The lowest BCUT2D eigenvalue weighted by molar-refractivity contribution is 0.0697. The molecule has 1 unspecified atom stereocenters. The number of rotatable bonds is 4. The second kappa shape index (κ2) is 10.2. The van der Waals surface area contributed by atoms with E-state index in [1.54, 1.807) is 12.1 Å². The highest BCUT2D eigenvalue weighted by Crippen LogP contribution is 2.41. The average Bonchev–Trinajstić information content (AvgIpc) is 2.80. The Morgan fingerprint density at radius 3 is 1.92 bits per heavy atom. The first-order valence-corrected chi connectivity index (χ1v) is 12.2. The fourth-order valence-electron chi connectivity index (χ4n) is 4.17. The van der Waals surface area contributed by atoms with Crippen LogP contribution in [0.1, 0.15) is 80.3 Å². The molecule has 188 valence electrons. The lowest BCUT2D eigenvalue weighted by Crippen LogP contribution is -2.21. The Hall–Kier alpha value is -3.55. The number of carboxylic acids is 1. The SMILES string of the molecule is CN(C)c1c(-c2ccc(C(C)(C)C)cc2)cc(C(O)C#Cc2ccc(C(=O)O)cc2)cc1C(C)(C)C. The van der Waals surface area contributed by atoms with Crippen LogP contribution in [0.4, 0.5) is 5.69 Å². The van der Waals surface area contributed by atoms with Gasteiger partial charge in [-0.1, -0.05) is 77.6 Å². The van der Waals surface area contributed by atoms with Gasteiger partial charge in [-0.3, -0.25) is 0 Å². The number of hydrogen-bond acceptors (Lipinski definition) is 3. The second-order valence-electron chi connectivity index (χ2n) is 11.5. The maximum absolute atomic E-state index is 11.1. The summed E-state index contributed by atoms with van der Waals surface area (Å²) in [5.41, 5.74) is 7.16. The van der Waals surface area contributed by atoms with Gasteiger partial charge >= 0.3 is 5.97 Å². The van der Waals surface area contributed by atoms with Crippen molar-refractivity contribution >= 4 is 11.7 Å². The molecule has 4 heteroatoms. The number of aliphatic hydroxyl groups is 1. The van der Waals surface area contributed by atoms with Crippen molar-refractivity contribution in [1.29, 1.82) is 0 Å². The molecule has 0 amide bonds. The third-order valence-electron chi connectivity index (χ3n) is 6.25. The molecule has 3 aromatic rings. The summed E-state index contributed by atoms with van der Waals surface area (Å²) in [6.45, 7) is 13.1. The standard InChI is InChI=1S/C32H37NO3/c1-31(2,3)25-16-14-22(15-17-25)26-19-24(20-27(32(4,5)6)29(26)33(7)8)28(34)18-11-21-9-12-23(13-10-21)30(35)36/h9-10,12-17,19-20,28,34H,1-8H3,(H,35,36). The van der Waals surface area contributed by atoms with Crippen LogP contribution in [0.25, 0.3) is 11.1 Å². The lowest BCUT2D eigenvalue weighted by atomic mass is 9.80. The van der Waals surface area contributed by atoms with Crippen LogP contribution in [0.3, 0.4) is 0 Å². The molecule has 0 aromatic heterocycles. The Balaban J connectivity index is 2.12. The van der Waals surface area contributed by atoms with Gasteiger partial charge in [-0.05, 0) is 69.5 Å². The number of nitrogens with zero attached hydrogens (tertiary/aromatic N) is 1. The van der Waals surface area contributed by atoms with Crippen LogP contribution >= 0.6 is 0 Å². The number of benzene rings is 3. The van der Waals surface area contributed by atoms with Gasteiger partial charge in [0.15, 0.2) is 0 Å². The Morgan fingerprint density at radius 2 is 1.44 bits per heavy atom. The summed E-state index contributed by atoms with van der Waals surface area (Å²) in [5, 5.41) is 20.2. The summed E-state index contributed by atoms with van der Waals surface area (Å²) in [7, 11) is 4.10. The van der Waals surface area contributed by atoms with E-state index < -0.39 is 12.1 Å². The van der Waals surface area contributed by atoms with E-state index in [1.165, 1.54) is 17.7 Å². The molecule has 3 aromatic carbocycles. The number of hydrogen-bond donors (Lipinski definition) is 2. The zero-order valence-corrected chi connectivity index (χ0v) is 22.6. The van der Waals surface area contributed by atoms with Gasteiger partial charge in [0, 0.05) is 30.9 Å². The van der Waals surface area contributed by atoms with E-state index in [9.17, 15) is 9.90 Å². The summed E-state index contributed by atoms with van der Waals surface area (Å²) in [6, 6.07) is 19.1. The summed E-state index contributed by atoms with van der Waals surface area (Å²) in [6.07, 6.45) is -0.992. The quantitative estimate of drug-likeness (QED) is 0.401. The highest BCUT2D eigenvalue weighted by molar-refractivity contribution is 5.87. The molecule has 0 aliphatic carbocycles. The molecule has 0 radical (unpaired) electrons. The van der Waals surface area contributed by atoms with Crippen molar-refractivity contribution in [3.05, 3.63) is 88.5 Å². The molecule has 3 rings (SSSR count). The van der Waals surface area contributed by atoms with E-state index in [4.69, 9.17) is 5.11 Å². The summed E-state index contributed by atoms with van der Waals surface area (Å²) < 4.78 is 0. The molecule has 36 heavy (non-hydrogen) atoms. The molecular formula is C32H37NO3. The molecule has 0 spiro atoms. The molecule has 0 heterocycles. The van der Waals surface area contributed by atoms with Gasteiger partial charge in [0.2, 0.25) is 0 Å². The van der Waals surface area contributed by atoms with Crippen molar-refractivity contribution in [3.63, 3.8) is 0 Å². The van der Waals surface area contributed by atoms with E-state index in [1.807, 2.05) is 20.2 Å². The summed E-state index contributed by atoms with van der Waals surface area (Å²) >= 11 is 0. The normalized spacial score (nSPS) is 12.5. The number of carbonyl (C=O) groups is 1. The summed E-state index contributed by atoms with van der Waals surface area (Å²) in [4.78, 5) is 13.2. The number of carboxylic acid groups (broad SMARTS) is 1. The fraction of sp³-hybridized carbons (Fsp3) is 0.344. The molecule has 0 bridgehead atoms. The van der Waals surface area contributed by atoms with Crippen molar-refractivity contribution in [3.8, 4) is 23.0 Å². The number of aromatic carboxylic acids is 1. The van der Waals surface area contributed by atoms with Crippen LogP contribution in [0.2, 0.25) is 0 Å². The Kier molecular flexibility index (Phi) is 7.67. The molecule has 2 N–H and O–H groups in total. The largest absolute Gasteiger partial charge is 0.478 e. The Morgan fingerprint density at radius 1 is 0.861 bits per heavy atom. The first-order chi connectivity index (χ1) is 16.7. The van der Waals surface area contributed by atoms with Crippen LogP contribution < -0.4 is 4.90 Å². The van der Waals surface area contributed by atoms with Gasteiger partial charge < -0.3 is 15.1 Å². The van der Waals surface area contributed by atoms with Crippen LogP contribution in [-0.2, 0) is 10.8 Å². The highest BCUT2D eigenvalue weighted by Gasteiger charge is 2.25. The predicted molar refractivity (Wildman–Crippen MR) is 149 cm³/mol. The highest BCUT2D eigenvalue weighted by atomic mass is 16.4. The Labute approximate surface area is 215 Å². The van der Waals surface area contributed by atoms with Crippen molar-refractivity contribution in [2.75, 3.05) is 19.0 Å². The van der Waals surface area contributed by atoms with Gasteiger partial charge in [-0.15, -0.1) is 0 Å². The van der Waals surface area contributed by atoms with Gasteiger partial charge in [-0.25, -0.2) is 4.79 Å². The summed E-state index contributed by atoms with van der Waals surface area (Å²) in [5.74, 6) is 4.95. The van der Waals surface area contributed by atoms with Crippen molar-refractivity contribution in [1.82, 2.24) is 0 Å². The van der Waals surface area contributed by atoms with E-state index in [-0.39, 0.29) is 16.4 Å². The zero-order chi connectivity index (χ0) is 26.8. The van der Waals surface area contributed by atoms with Gasteiger partial charge in [-0.2, -0.15) is 0 Å². The zero-order valence-electron chi connectivity index (χ0n) is 22.6. The van der Waals surface area contributed by atoms with Gasteiger partial charge in [0.25, 0.3) is 0 Å². The molecule has 4 nitrogen and oxygen atoms in total. The third kappa shape index (κ3) is 6.17. The lowest BCUT2D eigenvalue weighted by Gasteiger charge is -2.30. The molecule has 1 atom stereocenters. The first kappa shape index (κ1) is 27.0. The average molecular weight is 484 g/mol. The molecule has 0 saturated carbocycles. The maximum Gasteiger partial charge on any atom is 0.335 e. The van der Waals surface area contributed by atoms with Crippen LogP contribution in [0.15, 0.2) is 60.7 Å². The molecule has 0 saturated heterocycles. The predicted octanol–water partition coefficient (Wildman–Crippen LogP) is 6.80. The van der Waals surface area contributed by atoms with E-state index >= 15 is 0 Å². The van der Waals surface area contributed by atoms with Crippen molar-refractivity contribution < 1.29 is 15.0 Å².